The molecule has 1 saturated heterocycles. The van der Waals surface area contributed by atoms with E-state index in [1.54, 1.807) is 0 Å². The molecule has 4 nitrogen and oxygen atoms in total. The summed E-state index contributed by atoms with van der Waals surface area (Å²) in [6, 6.07) is 14.1. The van der Waals surface area contributed by atoms with Crippen LogP contribution in [0, 0.1) is 20.8 Å². The van der Waals surface area contributed by atoms with E-state index in [2.05, 4.69) is 21.8 Å². The number of benzene rings is 2. The van der Waals surface area contributed by atoms with E-state index in [-0.39, 0.29) is 6.04 Å². The summed E-state index contributed by atoms with van der Waals surface area (Å²) in [5.74, 6) is 0. The Bertz CT molecular complexity index is 824. The van der Waals surface area contributed by atoms with Gasteiger partial charge in [-0.05, 0) is 43.9 Å². The van der Waals surface area contributed by atoms with Gasteiger partial charge < -0.3 is 0 Å². The molecule has 134 valence electrons. The maximum absolute atomic E-state index is 12.9. The highest BCUT2D eigenvalue weighted by Crippen LogP contribution is 2.23. The van der Waals surface area contributed by atoms with Gasteiger partial charge in [0.2, 0.25) is 10.0 Å². The SMILES string of the molecule is Cc1cc(C)c(S(=O)(=O)NC2CCN(Cc3ccccc3)C2)c(C)c1. The maximum atomic E-state index is 12.9. The number of rotatable bonds is 5. The highest BCUT2D eigenvalue weighted by molar-refractivity contribution is 7.89. The summed E-state index contributed by atoms with van der Waals surface area (Å²) >= 11 is 0. The van der Waals surface area contributed by atoms with Gasteiger partial charge in [-0.2, -0.15) is 0 Å². The zero-order valence-electron chi connectivity index (χ0n) is 15.1. The highest BCUT2D eigenvalue weighted by atomic mass is 32.2. The minimum Gasteiger partial charge on any atom is -0.297 e. The summed E-state index contributed by atoms with van der Waals surface area (Å²) in [4.78, 5) is 2.73. The molecule has 2 aromatic carbocycles. The second-order valence-electron chi connectivity index (χ2n) is 7.06. The zero-order valence-corrected chi connectivity index (χ0v) is 15.9. The van der Waals surface area contributed by atoms with Crippen molar-refractivity contribution >= 4 is 10.0 Å². The molecular weight excluding hydrogens is 332 g/mol. The molecule has 0 spiro atoms. The van der Waals surface area contributed by atoms with Crippen molar-refractivity contribution in [1.82, 2.24) is 9.62 Å². The number of nitrogens with one attached hydrogen (secondary N) is 1. The maximum Gasteiger partial charge on any atom is 0.241 e. The molecule has 1 fully saturated rings. The first-order valence-electron chi connectivity index (χ1n) is 8.71. The summed E-state index contributed by atoms with van der Waals surface area (Å²) < 4.78 is 28.7. The van der Waals surface area contributed by atoms with Crippen molar-refractivity contribution in [2.75, 3.05) is 13.1 Å². The Morgan fingerprint density at radius 1 is 1.08 bits per heavy atom. The monoisotopic (exact) mass is 358 g/mol. The smallest absolute Gasteiger partial charge is 0.241 e. The van der Waals surface area contributed by atoms with Crippen LogP contribution in [0.3, 0.4) is 0 Å². The van der Waals surface area contributed by atoms with Gasteiger partial charge in [0.25, 0.3) is 0 Å². The van der Waals surface area contributed by atoms with Gasteiger partial charge >= 0.3 is 0 Å². The summed E-state index contributed by atoms with van der Waals surface area (Å²) in [6.07, 6.45) is 0.843. The molecule has 1 aliphatic rings. The molecule has 0 radical (unpaired) electrons. The predicted molar refractivity (Wildman–Crippen MR) is 101 cm³/mol. The van der Waals surface area contributed by atoms with Gasteiger partial charge in [-0.3, -0.25) is 4.90 Å². The Morgan fingerprint density at radius 3 is 2.36 bits per heavy atom. The van der Waals surface area contributed by atoms with E-state index in [0.717, 1.165) is 42.7 Å². The number of likely N-dealkylation sites (tertiary alicyclic amines) is 1. The van der Waals surface area contributed by atoms with E-state index >= 15 is 0 Å². The van der Waals surface area contributed by atoms with Crippen molar-refractivity contribution < 1.29 is 8.42 Å². The first-order valence-corrected chi connectivity index (χ1v) is 10.2. The number of hydrogen-bond acceptors (Lipinski definition) is 3. The van der Waals surface area contributed by atoms with Crippen LogP contribution in [0.25, 0.3) is 0 Å². The van der Waals surface area contributed by atoms with Gasteiger partial charge in [-0.25, -0.2) is 13.1 Å². The van der Waals surface area contributed by atoms with Crippen LogP contribution in [0.15, 0.2) is 47.4 Å². The molecule has 1 aliphatic heterocycles. The molecule has 5 heteroatoms. The number of nitrogens with zero attached hydrogens (tertiary/aromatic N) is 1. The molecule has 0 amide bonds. The first kappa shape index (κ1) is 18.1. The van der Waals surface area contributed by atoms with Crippen molar-refractivity contribution in [1.29, 1.82) is 0 Å². The largest absolute Gasteiger partial charge is 0.297 e. The predicted octanol–water partition coefficient (Wildman–Crippen LogP) is 3.16. The molecule has 1 heterocycles. The van der Waals surface area contributed by atoms with E-state index in [9.17, 15) is 8.42 Å². The number of hydrogen-bond donors (Lipinski definition) is 1. The van der Waals surface area contributed by atoms with E-state index < -0.39 is 10.0 Å². The molecule has 2 aromatic rings. The molecule has 0 aromatic heterocycles. The van der Waals surface area contributed by atoms with Crippen molar-refractivity contribution in [2.45, 2.75) is 44.7 Å². The lowest BCUT2D eigenvalue weighted by atomic mass is 10.1. The van der Waals surface area contributed by atoms with Crippen LogP contribution in [-0.2, 0) is 16.6 Å². The fourth-order valence-electron chi connectivity index (χ4n) is 3.78. The quantitative estimate of drug-likeness (QED) is 0.893. The second kappa shape index (κ2) is 7.28. The van der Waals surface area contributed by atoms with E-state index in [0.29, 0.717) is 4.90 Å². The number of sulfonamides is 1. The minimum absolute atomic E-state index is 0.0335. The van der Waals surface area contributed by atoms with Crippen molar-refractivity contribution in [3.05, 3.63) is 64.7 Å². The fraction of sp³-hybridized carbons (Fsp3) is 0.400. The topological polar surface area (TPSA) is 49.4 Å². The first-order chi connectivity index (χ1) is 11.8. The molecule has 0 bridgehead atoms. The van der Waals surface area contributed by atoms with Gasteiger partial charge in [-0.1, -0.05) is 48.0 Å². The third kappa shape index (κ3) is 4.29. The summed E-state index contributed by atoms with van der Waals surface area (Å²) in [7, 11) is -3.49. The Balaban J connectivity index is 1.69. The fourth-order valence-corrected chi connectivity index (χ4v) is 5.50. The van der Waals surface area contributed by atoms with Gasteiger partial charge in [0.15, 0.2) is 0 Å². The minimum atomic E-state index is -3.49. The molecule has 1 unspecified atom stereocenters. The van der Waals surface area contributed by atoms with Crippen LogP contribution in [0.5, 0.6) is 0 Å². The number of aryl methyl sites for hydroxylation is 3. The van der Waals surface area contributed by atoms with Crippen LogP contribution in [0.4, 0.5) is 0 Å². The molecular formula is C20H26N2O2S. The third-order valence-electron chi connectivity index (χ3n) is 4.72. The standard InChI is InChI=1S/C20H26N2O2S/c1-15-11-16(2)20(17(3)12-15)25(23,24)21-19-9-10-22(14-19)13-18-7-5-4-6-8-18/h4-8,11-12,19,21H,9-10,13-14H2,1-3H3. The van der Waals surface area contributed by atoms with Crippen LogP contribution in [-0.4, -0.2) is 32.4 Å². The summed E-state index contributed by atoms with van der Waals surface area (Å²) in [6.45, 7) is 8.24. The average Bonchev–Trinajstić information content (AvgIpc) is 2.93. The lowest BCUT2D eigenvalue weighted by Crippen LogP contribution is -2.37. The average molecular weight is 359 g/mol. The molecule has 0 saturated carbocycles. The summed E-state index contributed by atoms with van der Waals surface area (Å²) in [5.41, 5.74) is 3.97. The van der Waals surface area contributed by atoms with Gasteiger partial charge in [0.1, 0.15) is 0 Å². The van der Waals surface area contributed by atoms with E-state index in [4.69, 9.17) is 0 Å². The Morgan fingerprint density at radius 2 is 1.72 bits per heavy atom. The van der Waals surface area contributed by atoms with Gasteiger partial charge in [-0.15, -0.1) is 0 Å². The van der Waals surface area contributed by atoms with Crippen LogP contribution in [0.2, 0.25) is 0 Å². The van der Waals surface area contributed by atoms with Gasteiger partial charge in [0, 0.05) is 25.7 Å². The van der Waals surface area contributed by atoms with E-state index in [1.807, 2.05) is 51.1 Å². The summed E-state index contributed by atoms with van der Waals surface area (Å²) in [5, 5.41) is 0. The Kier molecular flexibility index (Phi) is 5.27. The van der Waals surface area contributed by atoms with Crippen molar-refractivity contribution in [3.8, 4) is 0 Å². The molecule has 1 N–H and O–H groups in total. The van der Waals surface area contributed by atoms with E-state index in [1.165, 1.54) is 5.56 Å². The van der Waals surface area contributed by atoms with Crippen molar-refractivity contribution in [2.24, 2.45) is 0 Å². The Hall–Kier alpha value is -1.69. The van der Waals surface area contributed by atoms with Crippen molar-refractivity contribution in [3.63, 3.8) is 0 Å². The van der Waals surface area contributed by atoms with Gasteiger partial charge in [0.05, 0.1) is 4.90 Å². The second-order valence-corrected chi connectivity index (χ2v) is 8.71. The van der Waals surface area contributed by atoms with Crippen LogP contribution < -0.4 is 4.72 Å². The third-order valence-corrected chi connectivity index (χ3v) is 6.54. The molecule has 3 rings (SSSR count). The Labute approximate surface area is 150 Å². The normalized spacial score (nSPS) is 18.6. The lowest BCUT2D eigenvalue weighted by Gasteiger charge is -2.18. The van der Waals surface area contributed by atoms with Crippen LogP contribution in [0.1, 0.15) is 28.7 Å². The molecule has 0 aliphatic carbocycles. The zero-order chi connectivity index (χ0) is 18.0. The highest BCUT2D eigenvalue weighted by Gasteiger charge is 2.28. The molecule has 1 atom stereocenters. The van der Waals surface area contributed by atoms with Crippen LogP contribution >= 0.6 is 0 Å². The lowest BCUT2D eigenvalue weighted by molar-refractivity contribution is 0.324. The molecule has 25 heavy (non-hydrogen) atoms.